The van der Waals surface area contributed by atoms with Gasteiger partial charge in [-0.2, -0.15) is 0 Å². The normalized spacial score (nSPS) is 12.0. The number of hydrogen-bond acceptors (Lipinski definition) is 4. The van der Waals surface area contributed by atoms with Gasteiger partial charge in [0.05, 0.1) is 23.8 Å². The SMILES string of the molecule is C=C(CCn1cnc2cnc3[nH]ccc3c21)NS(=O)(=O)CCC. The van der Waals surface area contributed by atoms with Crippen molar-refractivity contribution in [1.29, 1.82) is 0 Å². The number of aromatic amines is 1. The molecule has 7 nitrogen and oxygen atoms in total. The van der Waals surface area contributed by atoms with Gasteiger partial charge in [0.25, 0.3) is 0 Å². The molecule has 0 saturated carbocycles. The van der Waals surface area contributed by atoms with E-state index in [0.29, 0.717) is 25.1 Å². The first-order valence-electron chi connectivity index (χ1n) is 7.45. The molecule has 122 valence electrons. The Balaban J connectivity index is 1.77. The first-order chi connectivity index (χ1) is 11.0. The van der Waals surface area contributed by atoms with Crippen LogP contribution in [0.1, 0.15) is 19.8 Å². The lowest BCUT2D eigenvalue weighted by molar-refractivity contribution is 0.583. The van der Waals surface area contributed by atoms with Gasteiger partial charge in [0.1, 0.15) is 11.2 Å². The molecule has 0 aliphatic heterocycles. The minimum atomic E-state index is -3.28. The maximum atomic E-state index is 11.8. The fraction of sp³-hybridized carbons (Fsp3) is 0.333. The number of hydrogen-bond donors (Lipinski definition) is 2. The Kier molecular flexibility index (Phi) is 4.08. The highest BCUT2D eigenvalue weighted by atomic mass is 32.2. The number of nitrogens with one attached hydrogen (secondary N) is 2. The van der Waals surface area contributed by atoms with Crippen LogP contribution in [0.15, 0.2) is 37.1 Å². The first kappa shape index (κ1) is 15.5. The third-order valence-corrected chi connectivity index (χ3v) is 5.13. The quantitative estimate of drug-likeness (QED) is 0.693. The summed E-state index contributed by atoms with van der Waals surface area (Å²) in [5, 5.41) is 0.997. The van der Waals surface area contributed by atoms with Crippen LogP contribution in [-0.4, -0.2) is 33.7 Å². The Morgan fingerprint density at radius 3 is 3.04 bits per heavy atom. The molecule has 3 heterocycles. The zero-order valence-corrected chi connectivity index (χ0v) is 13.7. The summed E-state index contributed by atoms with van der Waals surface area (Å²) in [6.07, 6.45) is 6.39. The smallest absolute Gasteiger partial charge is 0.232 e. The molecule has 3 aromatic rings. The summed E-state index contributed by atoms with van der Waals surface area (Å²) in [5.41, 5.74) is 3.09. The Labute approximate surface area is 134 Å². The lowest BCUT2D eigenvalue weighted by atomic mass is 10.3. The third kappa shape index (κ3) is 3.21. The largest absolute Gasteiger partial charge is 0.346 e. The molecule has 0 spiro atoms. The molecule has 2 N–H and O–H groups in total. The second-order valence-electron chi connectivity index (χ2n) is 5.44. The molecule has 0 unspecified atom stereocenters. The number of H-pyrrole nitrogens is 1. The average Bonchev–Trinajstić information content (AvgIpc) is 3.10. The molecule has 0 radical (unpaired) electrons. The lowest BCUT2D eigenvalue weighted by Gasteiger charge is -2.11. The highest BCUT2D eigenvalue weighted by Gasteiger charge is 2.12. The fourth-order valence-corrected chi connectivity index (χ4v) is 3.77. The molecule has 3 rings (SSSR count). The van der Waals surface area contributed by atoms with E-state index in [2.05, 4.69) is 26.3 Å². The van der Waals surface area contributed by atoms with E-state index in [1.54, 1.807) is 12.5 Å². The van der Waals surface area contributed by atoms with Gasteiger partial charge in [-0.05, 0) is 12.5 Å². The molecule has 8 heteroatoms. The number of aromatic nitrogens is 4. The Morgan fingerprint density at radius 2 is 2.26 bits per heavy atom. The molecule has 0 atom stereocenters. The molecule has 0 saturated heterocycles. The summed E-state index contributed by atoms with van der Waals surface area (Å²) in [4.78, 5) is 11.7. The van der Waals surface area contributed by atoms with Crippen LogP contribution in [0.4, 0.5) is 0 Å². The summed E-state index contributed by atoms with van der Waals surface area (Å²) in [6.45, 7) is 6.23. The summed E-state index contributed by atoms with van der Waals surface area (Å²) < 4.78 is 28.0. The van der Waals surface area contributed by atoms with Crippen molar-refractivity contribution in [3.05, 3.63) is 37.1 Å². The van der Waals surface area contributed by atoms with Gasteiger partial charge in [-0.1, -0.05) is 13.5 Å². The molecule has 0 aliphatic carbocycles. The minimum absolute atomic E-state index is 0.107. The molecule has 0 fully saturated rings. The van der Waals surface area contributed by atoms with Crippen LogP contribution >= 0.6 is 0 Å². The number of pyridine rings is 1. The van der Waals surface area contributed by atoms with Crippen LogP contribution in [0, 0.1) is 0 Å². The van der Waals surface area contributed by atoms with E-state index >= 15 is 0 Å². The predicted molar refractivity (Wildman–Crippen MR) is 90.4 cm³/mol. The number of fused-ring (bicyclic) bond motifs is 3. The Morgan fingerprint density at radius 1 is 1.43 bits per heavy atom. The monoisotopic (exact) mass is 333 g/mol. The van der Waals surface area contributed by atoms with E-state index in [4.69, 9.17) is 0 Å². The zero-order chi connectivity index (χ0) is 16.4. The molecule has 0 aliphatic rings. The fourth-order valence-electron chi connectivity index (χ4n) is 2.58. The van der Waals surface area contributed by atoms with Gasteiger partial charge in [-0.25, -0.2) is 18.4 Å². The topological polar surface area (TPSA) is 92.7 Å². The first-order valence-corrected chi connectivity index (χ1v) is 9.10. The van der Waals surface area contributed by atoms with Crippen molar-refractivity contribution in [2.24, 2.45) is 0 Å². The summed E-state index contributed by atoms with van der Waals surface area (Å²) >= 11 is 0. The lowest BCUT2D eigenvalue weighted by Crippen LogP contribution is -2.25. The van der Waals surface area contributed by atoms with Crippen LogP contribution in [0.2, 0.25) is 0 Å². The van der Waals surface area contributed by atoms with Crippen molar-refractivity contribution < 1.29 is 8.42 Å². The molecular formula is C15H19N5O2S. The second kappa shape index (κ2) is 6.04. The maximum Gasteiger partial charge on any atom is 0.232 e. The van der Waals surface area contributed by atoms with E-state index < -0.39 is 10.0 Å². The standard InChI is InChI=1S/C15H19N5O2S/c1-3-8-23(21,22)19-11(2)5-7-20-10-18-13-9-17-15-12(14(13)20)4-6-16-15/h4,6,9-10,19H,2-3,5,7-8H2,1H3,(H,16,17). The molecule has 0 bridgehead atoms. The van der Waals surface area contributed by atoms with E-state index in [1.807, 2.05) is 23.8 Å². The van der Waals surface area contributed by atoms with Crippen molar-refractivity contribution in [3.63, 3.8) is 0 Å². The zero-order valence-electron chi connectivity index (χ0n) is 12.9. The van der Waals surface area contributed by atoms with Crippen molar-refractivity contribution in [3.8, 4) is 0 Å². The van der Waals surface area contributed by atoms with E-state index in [-0.39, 0.29) is 5.75 Å². The van der Waals surface area contributed by atoms with Crippen molar-refractivity contribution in [2.45, 2.75) is 26.3 Å². The van der Waals surface area contributed by atoms with E-state index in [1.165, 1.54) is 0 Å². The number of allylic oxidation sites excluding steroid dienone is 1. The van der Waals surface area contributed by atoms with Gasteiger partial charge >= 0.3 is 0 Å². The molecule has 23 heavy (non-hydrogen) atoms. The molecule has 0 aromatic carbocycles. The van der Waals surface area contributed by atoms with E-state index in [9.17, 15) is 8.42 Å². The van der Waals surface area contributed by atoms with Crippen LogP contribution in [0.25, 0.3) is 22.1 Å². The van der Waals surface area contributed by atoms with Crippen LogP contribution < -0.4 is 4.72 Å². The van der Waals surface area contributed by atoms with Crippen molar-refractivity contribution >= 4 is 32.1 Å². The van der Waals surface area contributed by atoms with Gasteiger partial charge in [0, 0.05) is 30.2 Å². The van der Waals surface area contributed by atoms with Crippen molar-refractivity contribution in [2.75, 3.05) is 5.75 Å². The third-order valence-electron chi connectivity index (χ3n) is 3.59. The Bertz CT molecular complexity index is 955. The highest BCUT2D eigenvalue weighted by Crippen LogP contribution is 2.22. The van der Waals surface area contributed by atoms with Crippen LogP contribution in [0.5, 0.6) is 0 Å². The van der Waals surface area contributed by atoms with Gasteiger partial charge in [0.2, 0.25) is 10.0 Å². The van der Waals surface area contributed by atoms with Gasteiger partial charge < -0.3 is 9.55 Å². The van der Waals surface area contributed by atoms with Crippen LogP contribution in [-0.2, 0) is 16.6 Å². The molecular weight excluding hydrogens is 314 g/mol. The summed E-state index contributed by atoms with van der Waals surface area (Å²) in [7, 11) is -3.28. The number of aryl methyl sites for hydroxylation is 1. The number of nitrogens with zero attached hydrogens (tertiary/aromatic N) is 3. The summed E-state index contributed by atoms with van der Waals surface area (Å²) in [5.74, 6) is 0.107. The number of imidazole rings is 1. The number of sulfonamides is 1. The molecule has 3 aromatic heterocycles. The maximum absolute atomic E-state index is 11.8. The summed E-state index contributed by atoms with van der Waals surface area (Å²) in [6, 6.07) is 1.96. The molecule has 0 amide bonds. The number of rotatable bonds is 7. The highest BCUT2D eigenvalue weighted by molar-refractivity contribution is 7.89. The Hall–Kier alpha value is -2.35. The minimum Gasteiger partial charge on any atom is -0.346 e. The average molecular weight is 333 g/mol. The second-order valence-corrected chi connectivity index (χ2v) is 7.29. The van der Waals surface area contributed by atoms with Crippen LogP contribution in [0.3, 0.4) is 0 Å². The van der Waals surface area contributed by atoms with Gasteiger partial charge in [-0.15, -0.1) is 0 Å². The van der Waals surface area contributed by atoms with E-state index in [0.717, 1.165) is 22.1 Å². The van der Waals surface area contributed by atoms with Gasteiger partial charge in [0.15, 0.2) is 0 Å². The predicted octanol–water partition coefficient (Wildman–Crippen LogP) is 2.15. The van der Waals surface area contributed by atoms with Gasteiger partial charge in [-0.3, -0.25) is 4.72 Å². The van der Waals surface area contributed by atoms with Crippen molar-refractivity contribution in [1.82, 2.24) is 24.2 Å².